The molecule has 20 nitrogen and oxygen atoms in total. The number of imidazole rings is 1. The number of hydrogen-bond acceptors (Lipinski definition) is 17. The van der Waals surface area contributed by atoms with Gasteiger partial charge in [-0.15, -0.1) is 0 Å². The number of quaternary nitrogens is 1. The Bertz CT molecular complexity index is 2410. The monoisotopic (exact) mass is 959 g/mol. The van der Waals surface area contributed by atoms with Crippen molar-refractivity contribution in [3.05, 3.63) is 81.3 Å². The maximum atomic E-state index is 16.4. The van der Waals surface area contributed by atoms with E-state index in [0.29, 0.717) is 38.5 Å². The molecule has 0 amide bonds. The number of unbranched alkanes of at least 4 members (excludes halogenated alkanes) is 8. The van der Waals surface area contributed by atoms with Crippen molar-refractivity contribution in [1.29, 1.82) is 0 Å². The summed E-state index contributed by atoms with van der Waals surface area (Å²) in [6.07, 6.45) is -1.22. The first-order valence-corrected chi connectivity index (χ1v) is 25.4. The van der Waals surface area contributed by atoms with Crippen LogP contribution < -0.4 is 27.0 Å². The normalized spacial score (nSPS) is 29.6. The Labute approximate surface area is 370 Å². The van der Waals surface area contributed by atoms with Crippen molar-refractivity contribution in [3.8, 4) is 5.75 Å². The van der Waals surface area contributed by atoms with Crippen LogP contribution in [-0.2, 0) is 47.2 Å². The molecule has 1 aromatic carbocycles. The Morgan fingerprint density at radius 3 is 2.17 bits per heavy atom. The summed E-state index contributed by atoms with van der Waals surface area (Å²) >= 11 is 0.621. The quantitative estimate of drug-likeness (QED) is 0.0512. The van der Waals surface area contributed by atoms with Crippen molar-refractivity contribution >= 4 is 43.1 Å². The lowest BCUT2D eigenvalue weighted by Crippen LogP contribution is -2.38. The largest absolute Gasteiger partial charge is 0.756 e. The molecule has 3 fully saturated rings. The number of carbonyl (C=O) groups is 1. The van der Waals surface area contributed by atoms with Gasteiger partial charge in [-0.05, 0) is 42.4 Å². The minimum Gasteiger partial charge on any atom is -0.756 e. The molecule has 352 valence electrons. The molecule has 0 saturated carbocycles. The molecule has 0 aliphatic carbocycles. The van der Waals surface area contributed by atoms with E-state index in [1.54, 1.807) is 31.2 Å². The van der Waals surface area contributed by atoms with E-state index in [0.717, 1.165) is 37.9 Å². The predicted octanol–water partition coefficient (Wildman–Crippen LogP) is 6.69. The summed E-state index contributed by atoms with van der Waals surface area (Å²) in [4.78, 5) is 64.6. The van der Waals surface area contributed by atoms with Gasteiger partial charge in [-0.25, -0.2) is 33.1 Å². The van der Waals surface area contributed by atoms with E-state index in [4.69, 9.17) is 32.3 Å². The molecule has 7 rings (SSSR count). The molecule has 6 heterocycles. The summed E-state index contributed by atoms with van der Waals surface area (Å²) in [5, 5.41) is 0. The van der Waals surface area contributed by atoms with E-state index >= 15 is 8.78 Å². The first-order valence-electron chi connectivity index (χ1n) is 20.8. The molecule has 4 aromatic rings. The van der Waals surface area contributed by atoms with Crippen LogP contribution in [0.1, 0.15) is 94.8 Å². The maximum Gasteiger partial charge on any atom is 0.389 e. The number of alkyl halides is 2. The maximum absolute atomic E-state index is 16.4. The number of phosphoric ester groups is 1. The Morgan fingerprint density at radius 1 is 0.875 bits per heavy atom. The van der Waals surface area contributed by atoms with E-state index in [-0.39, 0.29) is 29.9 Å². The number of aryl methyl sites for hydroxylation is 1. The lowest BCUT2D eigenvalue weighted by molar-refractivity contribution is -0.235. The zero-order chi connectivity index (χ0) is 44.7. The number of ether oxygens (including phenoxy) is 3. The number of benzene rings is 1. The molecule has 64 heavy (non-hydrogen) atoms. The van der Waals surface area contributed by atoms with Crippen molar-refractivity contribution in [2.24, 2.45) is 0 Å². The number of esters is 1. The highest BCUT2D eigenvalue weighted by Crippen LogP contribution is 2.64. The highest BCUT2D eigenvalue weighted by molar-refractivity contribution is 8.54. The second kappa shape index (κ2) is 22.2. The van der Waals surface area contributed by atoms with E-state index < -0.39 is 88.3 Å². The van der Waals surface area contributed by atoms with Gasteiger partial charge in [0.1, 0.15) is 42.0 Å². The van der Waals surface area contributed by atoms with Crippen LogP contribution in [-0.4, -0.2) is 85.0 Å². The van der Waals surface area contributed by atoms with Gasteiger partial charge in [0.05, 0.1) is 25.2 Å². The molecule has 10 atom stereocenters. The second-order valence-electron chi connectivity index (χ2n) is 15.4. The fourth-order valence-corrected chi connectivity index (χ4v) is 11.8. The van der Waals surface area contributed by atoms with Crippen LogP contribution >= 0.6 is 26.0 Å². The van der Waals surface area contributed by atoms with Gasteiger partial charge in [0.15, 0.2) is 30.4 Å². The van der Waals surface area contributed by atoms with Gasteiger partial charge in [0.2, 0.25) is 0 Å². The standard InChI is InChI=1S/C39H50F2N6O13P2S.H3N/c1-3-4-5-6-7-8-9-10-11-12-30(49)56-26-15-13-25(14-16-26)21-63-62(53)55-20-28-34(31(40)38(58-28)47-23-44-33-24(2)42-22-43-36(33)47)59-61(51,52)54-19-27-35(60-62)32(41)37(57-27)46-18-17-29(48)45-39(46)50;/h13-18,22-23,27-28,31-32,34-35,37-38H,3-12,19-21H2,1-2H3,(H,51,52)(H,45,48,50);1H3/t27-,28-,31-,32-,34-,35-,37-,38-,62?;/m1./s1. The fraction of sp³-hybridized carbons (Fsp3) is 0.590. The van der Waals surface area contributed by atoms with E-state index in [2.05, 4.69) is 21.9 Å². The summed E-state index contributed by atoms with van der Waals surface area (Å²) < 4.78 is 102. The van der Waals surface area contributed by atoms with Gasteiger partial charge in [-0.2, -0.15) is 0 Å². The summed E-state index contributed by atoms with van der Waals surface area (Å²) in [6.45, 7) is -2.53. The van der Waals surface area contributed by atoms with E-state index in [9.17, 15) is 28.4 Å². The Hall–Kier alpha value is -3.73. The van der Waals surface area contributed by atoms with Gasteiger partial charge in [0.25, 0.3) is 13.4 Å². The molecular weight excluding hydrogens is 906 g/mol. The molecule has 2 unspecified atom stereocenters. The summed E-state index contributed by atoms with van der Waals surface area (Å²) in [5.41, 5.74) is -0.285. The van der Waals surface area contributed by atoms with Crippen LogP contribution in [0.3, 0.4) is 0 Å². The number of carbonyl (C=O) groups excluding carboxylic acids is 1. The summed E-state index contributed by atoms with van der Waals surface area (Å²) in [6, 6.07) is 7.31. The van der Waals surface area contributed by atoms with E-state index in [1.807, 2.05) is 4.98 Å². The van der Waals surface area contributed by atoms with E-state index in [1.165, 1.54) is 49.3 Å². The second-order valence-corrected chi connectivity index (χ2v) is 20.8. The van der Waals surface area contributed by atoms with Crippen LogP contribution in [0.25, 0.3) is 11.2 Å². The van der Waals surface area contributed by atoms with Crippen LogP contribution in [0.15, 0.2) is 58.8 Å². The molecule has 0 spiro atoms. The van der Waals surface area contributed by atoms with Crippen LogP contribution in [0.5, 0.6) is 5.75 Å². The molecular formula is C39H53F2N7O13P2S. The number of rotatable bonds is 16. The number of phosphoric acid groups is 1. The lowest BCUT2D eigenvalue weighted by atomic mass is 10.1. The van der Waals surface area contributed by atoms with Crippen LogP contribution in [0, 0.1) is 6.92 Å². The van der Waals surface area contributed by atoms with Crippen LogP contribution in [0.4, 0.5) is 8.78 Å². The fourth-order valence-electron chi connectivity index (χ4n) is 7.46. The third kappa shape index (κ3) is 12.2. The highest BCUT2D eigenvalue weighted by atomic mass is 32.7. The number of nitrogens with one attached hydrogen (secondary N) is 1. The van der Waals surface area contributed by atoms with Crippen molar-refractivity contribution in [2.45, 2.75) is 133 Å². The minimum absolute atomic E-state index is 0. The van der Waals surface area contributed by atoms with Gasteiger partial charge < -0.3 is 34.3 Å². The van der Waals surface area contributed by atoms with Gasteiger partial charge in [0, 0.05) is 24.4 Å². The molecule has 5 N–H and O–H groups in total. The van der Waals surface area contributed by atoms with Gasteiger partial charge in [-0.3, -0.25) is 37.3 Å². The number of fused-ring (bicyclic) bond motifs is 3. The smallest absolute Gasteiger partial charge is 0.389 e. The first kappa shape index (κ1) is 49.7. The molecule has 25 heteroatoms. The molecule has 0 radical (unpaired) electrons. The molecule has 3 aliphatic rings. The third-order valence-electron chi connectivity index (χ3n) is 10.8. The highest BCUT2D eigenvalue weighted by Gasteiger charge is 2.54. The number of H-pyrrole nitrogens is 1. The number of nitrogens with zero attached hydrogens (tertiary/aromatic N) is 5. The third-order valence-corrected chi connectivity index (χ3v) is 15.4. The number of hydrogen-bond donors (Lipinski definition) is 2. The van der Waals surface area contributed by atoms with Crippen LogP contribution in [0.2, 0.25) is 0 Å². The van der Waals surface area contributed by atoms with Crippen molar-refractivity contribution in [1.82, 2.24) is 35.2 Å². The number of aromatic nitrogens is 6. The average molecular weight is 960 g/mol. The Balaban J connectivity index is 0.00000680. The minimum atomic E-state index is -5.45. The van der Waals surface area contributed by atoms with Crippen molar-refractivity contribution in [3.63, 3.8) is 0 Å². The van der Waals surface area contributed by atoms with Crippen molar-refractivity contribution < 1.29 is 59.9 Å². The number of aromatic amines is 1. The van der Waals surface area contributed by atoms with Gasteiger partial charge >= 0.3 is 18.5 Å². The molecule has 3 aliphatic heterocycles. The Kier molecular flexibility index (Phi) is 17.2. The summed E-state index contributed by atoms with van der Waals surface area (Å²) in [7, 11) is -5.45. The lowest BCUT2D eigenvalue weighted by Gasteiger charge is -2.32. The average Bonchev–Trinajstić information content (AvgIpc) is 3.91. The topological polar surface area (TPSA) is 274 Å². The molecule has 0 bridgehead atoms. The van der Waals surface area contributed by atoms with Crippen molar-refractivity contribution in [2.75, 3.05) is 13.2 Å². The zero-order valence-electron chi connectivity index (χ0n) is 35.5. The SMILES string of the molecule is CCCCCCCCCCCC(=O)Oc1ccc(CSP2(=O)OC[C@H]3O[C@@H](n4cnc5c(C)ncnc54)[C@H](F)[C@@H]3OP(=O)([O-])OC[C@H]3O[C@@H](n4ccc(=O)[nH]c4=O)[C@H](F)[C@@H]3O2)cc1.[NH4+]. The first-order chi connectivity index (χ1) is 30.2. The molecule has 3 saturated heterocycles. The van der Waals surface area contributed by atoms with Gasteiger partial charge in [-0.1, -0.05) is 70.4 Å². The number of halogens is 2. The Morgan fingerprint density at radius 2 is 1.50 bits per heavy atom. The predicted molar refractivity (Wildman–Crippen MR) is 227 cm³/mol. The summed E-state index contributed by atoms with van der Waals surface area (Å²) in [5.74, 6) is -0.145. The zero-order valence-corrected chi connectivity index (χ0v) is 38.1. The molecule has 3 aromatic heterocycles.